The molecule has 196 valence electrons. The van der Waals surface area contributed by atoms with Crippen LogP contribution in [0.3, 0.4) is 0 Å². The van der Waals surface area contributed by atoms with Gasteiger partial charge in [-0.1, -0.05) is 41.4 Å². The number of halogens is 3. The van der Waals surface area contributed by atoms with E-state index in [2.05, 4.69) is 15.3 Å². The number of aromatic nitrogens is 2. The van der Waals surface area contributed by atoms with Crippen molar-refractivity contribution < 1.29 is 22.3 Å². The first-order valence-electron chi connectivity index (χ1n) is 11.6. The van der Waals surface area contributed by atoms with Crippen LogP contribution in [0.4, 0.5) is 15.0 Å². The number of ether oxygens (including phenoxy) is 1. The normalized spacial score (nSPS) is 18.1. The summed E-state index contributed by atoms with van der Waals surface area (Å²) in [5.41, 5.74) is 0.0842. The van der Waals surface area contributed by atoms with Crippen LogP contribution in [0.25, 0.3) is 0 Å². The van der Waals surface area contributed by atoms with E-state index in [0.717, 1.165) is 5.56 Å². The van der Waals surface area contributed by atoms with Gasteiger partial charge >= 0.3 is 6.09 Å². The topological polar surface area (TPSA) is 125 Å². The summed E-state index contributed by atoms with van der Waals surface area (Å²) in [6.07, 6.45) is 1.98. The molecule has 2 aromatic carbocycles. The molecule has 38 heavy (non-hydrogen) atoms. The van der Waals surface area contributed by atoms with Crippen LogP contribution >= 0.6 is 23.2 Å². The van der Waals surface area contributed by atoms with Crippen LogP contribution in [0, 0.1) is 17.1 Å². The molecule has 1 amide bonds. The molecule has 1 N–H and O–H groups in total. The quantitative estimate of drug-likeness (QED) is 0.451. The van der Waals surface area contributed by atoms with Crippen molar-refractivity contribution in [3.05, 3.63) is 75.9 Å². The number of nitriles is 1. The third-order valence-electron chi connectivity index (χ3n) is 6.63. The van der Waals surface area contributed by atoms with E-state index < -0.39 is 26.7 Å². The fourth-order valence-corrected chi connectivity index (χ4v) is 6.93. The van der Waals surface area contributed by atoms with Gasteiger partial charge in [0.25, 0.3) is 0 Å². The molecule has 1 aliphatic heterocycles. The van der Waals surface area contributed by atoms with E-state index >= 15 is 0 Å². The summed E-state index contributed by atoms with van der Waals surface area (Å²) in [4.78, 5) is 22.5. The zero-order valence-corrected chi connectivity index (χ0v) is 22.0. The van der Waals surface area contributed by atoms with Gasteiger partial charge in [-0.2, -0.15) is 10.2 Å². The lowest BCUT2D eigenvalue weighted by Gasteiger charge is -2.22. The maximum Gasteiger partial charge on any atom is 0.413 e. The largest absolute Gasteiger partial charge is 0.413 e. The molecule has 1 saturated carbocycles. The van der Waals surface area contributed by atoms with Gasteiger partial charge < -0.3 is 15.0 Å². The van der Waals surface area contributed by atoms with Crippen LogP contribution in [0.5, 0.6) is 5.75 Å². The van der Waals surface area contributed by atoms with Crippen LogP contribution in [0.15, 0.2) is 53.6 Å². The van der Waals surface area contributed by atoms with Crippen molar-refractivity contribution in [1.29, 1.82) is 5.26 Å². The highest BCUT2D eigenvalue weighted by atomic mass is 35.5. The van der Waals surface area contributed by atoms with Gasteiger partial charge in [0.2, 0.25) is 5.82 Å². The molecule has 0 bridgehead atoms. The van der Waals surface area contributed by atoms with E-state index in [1.165, 1.54) is 36.5 Å². The number of carbonyl (C=O) groups excluding carboxylic acids is 1. The highest BCUT2D eigenvalue weighted by Crippen LogP contribution is 2.45. The molecular weight excluding hydrogens is 556 g/mol. The van der Waals surface area contributed by atoms with E-state index in [0.29, 0.717) is 12.8 Å². The Morgan fingerprint density at radius 3 is 2.63 bits per heavy atom. The summed E-state index contributed by atoms with van der Waals surface area (Å²) in [6, 6.07) is 12.1. The Morgan fingerprint density at radius 1 is 1.21 bits per heavy atom. The number of amides is 1. The average molecular weight is 576 g/mol. The number of hydrogen-bond acceptors (Lipinski definition) is 8. The van der Waals surface area contributed by atoms with E-state index in [1.807, 2.05) is 6.07 Å². The smallest absolute Gasteiger partial charge is 0.405 e. The minimum Gasteiger partial charge on any atom is -0.405 e. The molecule has 2 heterocycles. The van der Waals surface area contributed by atoms with Crippen molar-refractivity contribution in [2.45, 2.75) is 34.9 Å². The Hall–Kier alpha value is -3.46. The first-order chi connectivity index (χ1) is 18.1. The second-order valence-electron chi connectivity index (χ2n) is 9.05. The molecule has 1 aromatic heterocycles. The Bertz CT molecular complexity index is 1560. The lowest BCUT2D eigenvalue weighted by Crippen LogP contribution is -2.37. The highest BCUT2D eigenvalue weighted by Gasteiger charge is 2.46. The second-order valence-corrected chi connectivity index (χ2v) is 12.0. The van der Waals surface area contributed by atoms with Gasteiger partial charge in [-0.25, -0.2) is 22.6 Å². The Balaban J connectivity index is 1.36. The van der Waals surface area contributed by atoms with Gasteiger partial charge in [-0.05, 0) is 49.1 Å². The summed E-state index contributed by atoms with van der Waals surface area (Å²) < 4.78 is 45.5. The number of hydrogen-bond donors (Lipinski definition) is 1. The molecule has 2 fully saturated rings. The van der Waals surface area contributed by atoms with Gasteiger partial charge in [0, 0.05) is 13.1 Å². The van der Waals surface area contributed by atoms with Crippen LogP contribution in [0.1, 0.15) is 30.7 Å². The predicted octanol–water partition coefficient (Wildman–Crippen LogP) is 4.62. The van der Waals surface area contributed by atoms with Crippen molar-refractivity contribution in [2.75, 3.05) is 18.0 Å². The van der Waals surface area contributed by atoms with E-state index in [4.69, 9.17) is 27.9 Å². The van der Waals surface area contributed by atoms with Crippen molar-refractivity contribution in [1.82, 2.24) is 15.3 Å². The zero-order chi connectivity index (χ0) is 27.1. The molecule has 0 unspecified atom stereocenters. The SMILES string of the molecule is N#Cc1ncc(OC(=O)NC2(c3ccc(F)cc3)CC2)c(N2CC[C@H](S(=O)(=O)c3cccc(Cl)c3Cl)C2)n1. The van der Waals surface area contributed by atoms with Crippen molar-refractivity contribution in [2.24, 2.45) is 0 Å². The van der Waals surface area contributed by atoms with Crippen LogP contribution < -0.4 is 15.0 Å². The lowest BCUT2D eigenvalue weighted by molar-refractivity contribution is 0.194. The van der Waals surface area contributed by atoms with Crippen molar-refractivity contribution in [3.63, 3.8) is 0 Å². The number of benzene rings is 2. The summed E-state index contributed by atoms with van der Waals surface area (Å²) in [5.74, 6) is -0.458. The molecule has 1 aliphatic carbocycles. The van der Waals surface area contributed by atoms with E-state index in [1.54, 1.807) is 17.0 Å². The molecule has 0 spiro atoms. The summed E-state index contributed by atoms with van der Waals surface area (Å²) >= 11 is 12.2. The molecule has 0 radical (unpaired) electrons. The fraction of sp³-hybridized carbons (Fsp3) is 0.280. The number of nitrogens with one attached hydrogen (secondary N) is 1. The average Bonchev–Trinajstić information content (AvgIpc) is 3.49. The Morgan fingerprint density at radius 2 is 1.95 bits per heavy atom. The van der Waals surface area contributed by atoms with Crippen LogP contribution in [0.2, 0.25) is 10.0 Å². The standard InChI is InChI=1S/C25H20Cl2FN5O4S/c26-18-2-1-3-20(22(18)27)38(35,36)17-8-11-33(14-17)23-19(13-30-21(12-29)31-23)37-24(34)32-25(9-10-25)15-4-6-16(28)7-5-15/h1-7,13,17H,8-11,14H2,(H,32,34)/t17-/m0/s1. The maximum atomic E-state index is 13.3. The van der Waals surface area contributed by atoms with Crippen molar-refractivity contribution >= 4 is 45.0 Å². The summed E-state index contributed by atoms with van der Waals surface area (Å²) in [7, 11) is -3.85. The Kier molecular flexibility index (Phi) is 6.90. The molecule has 3 aromatic rings. The van der Waals surface area contributed by atoms with Crippen molar-refractivity contribution in [3.8, 4) is 11.8 Å². The molecule has 2 aliphatic rings. The third-order valence-corrected chi connectivity index (χ3v) is 9.78. The Labute approximate surface area is 228 Å². The molecule has 13 heteroatoms. The second kappa shape index (κ2) is 10.0. The number of sulfone groups is 1. The molecule has 5 rings (SSSR count). The monoisotopic (exact) mass is 575 g/mol. The zero-order valence-electron chi connectivity index (χ0n) is 19.7. The molecular formula is C25H20Cl2FN5O4S. The number of nitrogens with zero attached hydrogens (tertiary/aromatic N) is 4. The lowest BCUT2D eigenvalue weighted by atomic mass is 10.1. The van der Waals surface area contributed by atoms with Gasteiger partial charge in [0.05, 0.1) is 31.9 Å². The molecule has 1 atom stereocenters. The highest BCUT2D eigenvalue weighted by molar-refractivity contribution is 7.92. The number of anilines is 1. The minimum absolute atomic E-state index is 0.0184. The van der Waals surface area contributed by atoms with E-state index in [-0.39, 0.29) is 57.7 Å². The molecule has 1 saturated heterocycles. The van der Waals surface area contributed by atoms with Crippen LogP contribution in [-0.4, -0.2) is 42.8 Å². The van der Waals surface area contributed by atoms with Crippen LogP contribution in [-0.2, 0) is 15.4 Å². The first-order valence-corrected chi connectivity index (χ1v) is 13.9. The maximum absolute atomic E-state index is 13.3. The van der Waals surface area contributed by atoms with Gasteiger partial charge in [0.1, 0.15) is 11.9 Å². The van der Waals surface area contributed by atoms with Gasteiger partial charge in [-0.3, -0.25) is 0 Å². The van der Waals surface area contributed by atoms with E-state index in [9.17, 15) is 22.9 Å². The van der Waals surface area contributed by atoms with Gasteiger partial charge in [0.15, 0.2) is 21.4 Å². The summed E-state index contributed by atoms with van der Waals surface area (Å²) in [5, 5.41) is 11.4. The third kappa shape index (κ3) is 4.99. The minimum atomic E-state index is -3.85. The molecule has 9 nitrogen and oxygen atoms in total. The summed E-state index contributed by atoms with van der Waals surface area (Å²) in [6.45, 7) is 0.284. The predicted molar refractivity (Wildman–Crippen MR) is 137 cm³/mol. The number of carbonyl (C=O) groups is 1. The van der Waals surface area contributed by atoms with Gasteiger partial charge in [-0.15, -0.1) is 0 Å². The number of rotatable bonds is 6. The first kappa shape index (κ1) is 26.2. The fourth-order valence-electron chi connectivity index (χ4n) is 4.47.